The van der Waals surface area contributed by atoms with Crippen LogP contribution in [0.2, 0.25) is 0 Å². The van der Waals surface area contributed by atoms with Gasteiger partial charge in [-0.2, -0.15) is 0 Å². The van der Waals surface area contributed by atoms with Crippen LogP contribution in [0.4, 0.5) is 0 Å². The molecule has 0 aromatic heterocycles. The Morgan fingerprint density at radius 3 is 2.73 bits per heavy atom. The fourth-order valence-corrected chi connectivity index (χ4v) is 2.50. The predicted molar refractivity (Wildman–Crippen MR) is 65.8 cm³/mol. The fourth-order valence-electron chi connectivity index (χ4n) is 2.50. The summed E-state index contributed by atoms with van der Waals surface area (Å²) in [6, 6.07) is 0. The summed E-state index contributed by atoms with van der Waals surface area (Å²) >= 11 is 0. The van der Waals surface area contributed by atoms with Crippen molar-refractivity contribution in [3.8, 4) is 12.3 Å². The molecule has 0 aliphatic carbocycles. The molecule has 2 nitrogen and oxygen atoms in total. The number of nitrogens with one attached hydrogen (secondary N) is 1. The van der Waals surface area contributed by atoms with Crippen molar-refractivity contribution in [1.29, 1.82) is 0 Å². The summed E-state index contributed by atoms with van der Waals surface area (Å²) in [6.45, 7) is 8.68. The average Bonchev–Trinajstić information content (AvgIpc) is 2.68. The number of nitrogens with zero attached hydrogens (tertiary/aromatic N) is 1. The Labute approximate surface area is 94.4 Å². The number of rotatable bonds is 6. The zero-order valence-electron chi connectivity index (χ0n) is 10.2. The third-order valence-corrected chi connectivity index (χ3v) is 3.39. The quantitative estimate of drug-likeness (QED) is 0.670. The van der Waals surface area contributed by atoms with Crippen LogP contribution in [-0.4, -0.2) is 36.6 Å². The Morgan fingerprint density at radius 2 is 2.27 bits per heavy atom. The third-order valence-electron chi connectivity index (χ3n) is 3.39. The summed E-state index contributed by atoms with van der Waals surface area (Å²) in [5.74, 6) is 2.77. The highest BCUT2D eigenvalue weighted by molar-refractivity contribution is 4.97. The molecule has 0 radical (unpaired) electrons. The molecular formula is C13H24N2. The number of terminal acetylenes is 1. The molecular weight excluding hydrogens is 184 g/mol. The van der Waals surface area contributed by atoms with E-state index in [2.05, 4.69) is 30.0 Å². The van der Waals surface area contributed by atoms with E-state index in [0.29, 0.717) is 5.54 Å². The van der Waals surface area contributed by atoms with E-state index in [1.165, 1.54) is 32.2 Å². The molecule has 1 atom stereocenters. The maximum atomic E-state index is 5.41. The van der Waals surface area contributed by atoms with Gasteiger partial charge in [-0.15, -0.1) is 6.42 Å². The van der Waals surface area contributed by atoms with Gasteiger partial charge in [0.2, 0.25) is 0 Å². The van der Waals surface area contributed by atoms with E-state index in [-0.39, 0.29) is 0 Å². The van der Waals surface area contributed by atoms with E-state index in [1.807, 2.05) is 0 Å². The van der Waals surface area contributed by atoms with Crippen LogP contribution in [0.5, 0.6) is 0 Å². The van der Waals surface area contributed by atoms with Crippen molar-refractivity contribution in [1.82, 2.24) is 10.2 Å². The topological polar surface area (TPSA) is 15.3 Å². The first-order valence-electron chi connectivity index (χ1n) is 6.17. The van der Waals surface area contributed by atoms with Gasteiger partial charge in [-0.3, -0.25) is 4.90 Å². The first-order chi connectivity index (χ1) is 7.26. The highest BCUT2D eigenvalue weighted by Crippen LogP contribution is 2.24. The van der Waals surface area contributed by atoms with E-state index in [0.717, 1.165) is 19.6 Å². The second-order valence-corrected chi connectivity index (χ2v) is 4.58. The Hall–Kier alpha value is -0.520. The van der Waals surface area contributed by atoms with Gasteiger partial charge in [0.05, 0.1) is 6.54 Å². The van der Waals surface area contributed by atoms with Crippen molar-refractivity contribution in [2.75, 3.05) is 26.2 Å². The van der Waals surface area contributed by atoms with Gasteiger partial charge < -0.3 is 5.32 Å². The largest absolute Gasteiger partial charge is 0.310 e. The van der Waals surface area contributed by atoms with E-state index in [9.17, 15) is 0 Å². The standard InChI is InChI=1S/C13H24N2/c1-4-10-15(11-5-2)12-13(6-3)8-7-9-14-13/h1,14H,5-12H2,2-3H3. The van der Waals surface area contributed by atoms with E-state index in [1.54, 1.807) is 0 Å². The van der Waals surface area contributed by atoms with Crippen LogP contribution < -0.4 is 5.32 Å². The summed E-state index contributed by atoms with van der Waals surface area (Å²) in [5, 5.41) is 3.66. The predicted octanol–water partition coefficient (Wildman–Crippen LogP) is 1.86. The average molecular weight is 208 g/mol. The smallest absolute Gasteiger partial charge is 0.0599 e. The van der Waals surface area contributed by atoms with Gasteiger partial charge in [0, 0.05) is 12.1 Å². The fraction of sp³-hybridized carbons (Fsp3) is 0.846. The Balaban J connectivity index is 2.50. The van der Waals surface area contributed by atoms with Gasteiger partial charge in [-0.05, 0) is 38.8 Å². The van der Waals surface area contributed by atoms with Crippen LogP contribution in [0.3, 0.4) is 0 Å². The molecule has 1 fully saturated rings. The van der Waals surface area contributed by atoms with Crippen molar-refractivity contribution in [3.05, 3.63) is 0 Å². The van der Waals surface area contributed by atoms with Crippen LogP contribution >= 0.6 is 0 Å². The normalized spacial score (nSPS) is 25.7. The van der Waals surface area contributed by atoms with E-state index < -0.39 is 0 Å². The molecule has 1 aliphatic rings. The summed E-state index contributed by atoms with van der Waals surface area (Å²) in [5.41, 5.74) is 0.339. The zero-order valence-corrected chi connectivity index (χ0v) is 10.2. The second-order valence-electron chi connectivity index (χ2n) is 4.58. The van der Waals surface area contributed by atoms with Crippen LogP contribution in [0.25, 0.3) is 0 Å². The molecule has 1 aliphatic heterocycles. The van der Waals surface area contributed by atoms with Gasteiger partial charge >= 0.3 is 0 Å². The van der Waals surface area contributed by atoms with Crippen molar-refractivity contribution < 1.29 is 0 Å². The van der Waals surface area contributed by atoms with E-state index >= 15 is 0 Å². The molecule has 15 heavy (non-hydrogen) atoms. The van der Waals surface area contributed by atoms with Gasteiger partial charge in [-0.1, -0.05) is 19.8 Å². The molecule has 1 unspecified atom stereocenters. The van der Waals surface area contributed by atoms with Gasteiger partial charge in [0.1, 0.15) is 0 Å². The van der Waals surface area contributed by atoms with Crippen LogP contribution in [-0.2, 0) is 0 Å². The minimum atomic E-state index is 0.339. The van der Waals surface area contributed by atoms with Crippen molar-refractivity contribution in [3.63, 3.8) is 0 Å². The van der Waals surface area contributed by atoms with Gasteiger partial charge in [0.25, 0.3) is 0 Å². The lowest BCUT2D eigenvalue weighted by atomic mass is 9.93. The number of hydrogen-bond donors (Lipinski definition) is 1. The van der Waals surface area contributed by atoms with E-state index in [4.69, 9.17) is 6.42 Å². The van der Waals surface area contributed by atoms with Crippen LogP contribution in [0, 0.1) is 12.3 Å². The Bertz CT molecular complexity index is 211. The summed E-state index contributed by atoms with van der Waals surface area (Å²) < 4.78 is 0. The Morgan fingerprint density at radius 1 is 1.47 bits per heavy atom. The lowest BCUT2D eigenvalue weighted by Crippen LogP contribution is -2.49. The zero-order chi connectivity index (χ0) is 11.1. The van der Waals surface area contributed by atoms with Crippen LogP contribution in [0.15, 0.2) is 0 Å². The minimum Gasteiger partial charge on any atom is -0.310 e. The molecule has 1 heterocycles. The lowest BCUT2D eigenvalue weighted by Gasteiger charge is -2.34. The third kappa shape index (κ3) is 3.52. The molecule has 0 saturated carbocycles. The van der Waals surface area contributed by atoms with Crippen molar-refractivity contribution >= 4 is 0 Å². The molecule has 1 saturated heterocycles. The first-order valence-corrected chi connectivity index (χ1v) is 6.17. The molecule has 1 rings (SSSR count). The molecule has 0 amide bonds. The van der Waals surface area contributed by atoms with Crippen molar-refractivity contribution in [2.45, 2.75) is 45.1 Å². The molecule has 2 heteroatoms. The molecule has 0 aromatic rings. The first kappa shape index (κ1) is 12.5. The SMILES string of the molecule is C#CCN(CCC)CC1(CC)CCCN1. The van der Waals surface area contributed by atoms with Gasteiger partial charge in [-0.25, -0.2) is 0 Å². The molecule has 86 valence electrons. The highest BCUT2D eigenvalue weighted by Gasteiger charge is 2.32. The second kappa shape index (κ2) is 6.15. The summed E-state index contributed by atoms with van der Waals surface area (Å²) in [7, 11) is 0. The molecule has 1 N–H and O–H groups in total. The lowest BCUT2D eigenvalue weighted by molar-refractivity contribution is 0.205. The van der Waals surface area contributed by atoms with Crippen LogP contribution in [0.1, 0.15) is 39.5 Å². The molecule has 0 spiro atoms. The van der Waals surface area contributed by atoms with Gasteiger partial charge in [0.15, 0.2) is 0 Å². The summed E-state index contributed by atoms with van der Waals surface area (Å²) in [4.78, 5) is 2.40. The maximum absolute atomic E-state index is 5.41. The van der Waals surface area contributed by atoms with Crippen molar-refractivity contribution in [2.24, 2.45) is 0 Å². The molecule has 0 aromatic carbocycles. The number of hydrogen-bond acceptors (Lipinski definition) is 2. The minimum absolute atomic E-state index is 0.339. The Kier molecular flexibility index (Phi) is 5.14. The molecule has 0 bridgehead atoms. The monoisotopic (exact) mass is 208 g/mol. The summed E-state index contributed by atoms with van der Waals surface area (Å²) in [6.07, 6.45) is 10.4. The maximum Gasteiger partial charge on any atom is 0.0599 e. The highest BCUT2D eigenvalue weighted by atomic mass is 15.2.